The molecule has 4 heteroatoms. The summed E-state index contributed by atoms with van der Waals surface area (Å²) in [6.07, 6.45) is 2.00. The van der Waals surface area contributed by atoms with Gasteiger partial charge in [0.15, 0.2) is 0 Å². The number of hydrogen-bond donors (Lipinski definition) is 1. The standard InChI is InChI=1S/C16H18N2O2/c1-11(19)18-8-4-6-13(10-18)15-9-12-5-2-3-7-14(12)16(20)17-15/h2-3,5,7,9,13H,4,6,8,10H2,1H3,(H,17,20). The summed E-state index contributed by atoms with van der Waals surface area (Å²) in [4.78, 5) is 28.5. The van der Waals surface area contributed by atoms with Crippen LogP contribution < -0.4 is 5.56 Å². The van der Waals surface area contributed by atoms with Crippen LogP contribution in [0.1, 0.15) is 31.4 Å². The van der Waals surface area contributed by atoms with Gasteiger partial charge in [-0.05, 0) is 30.4 Å². The molecule has 104 valence electrons. The molecule has 2 aromatic rings. The molecule has 4 nitrogen and oxygen atoms in total. The Labute approximate surface area is 117 Å². The van der Waals surface area contributed by atoms with Crippen LogP contribution in [0, 0.1) is 0 Å². The Morgan fingerprint density at radius 2 is 2.15 bits per heavy atom. The fraction of sp³-hybridized carbons (Fsp3) is 0.375. The predicted molar refractivity (Wildman–Crippen MR) is 78.8 cm³/mol. The number of benzene rings is 1. The smallest absolute Gasteiger partial charge is 0.256 e. The van der Waals surface area contributed by atoms with E-state index in [0.717, 1.165) is 35.9 Å². The maximum atomic E-state index is 12.1. The summed E-state index contributed by atoms with van der Waals surface area (Å²) in [5.41, 5.74) is 0.901. The van der Waals surface area contributed by atoms with E-state index in [9.17, 15) is 9.59 Å². The average Bonchev–Trinajstić information content (AvgIpc) is 2.47. The van der Waals surface area contributed by atoms with Crippen molar-refractivity contribution in [1.29, 1.82) is 0 Å². The molecule has 1 unspecified atom stereocenters. The highest BCUT2D eigenvalue weighted by Gasteiger charge is 2.23. The van der Waals surface area contributed by atoms with E-state index in [4.69, 9.17) is 0 Å². The Bertz CT molecular complexity index is 705. The molecule has 1 aliphatic rings. The van der Waals surface area contributed by atoms with Crippen LogP contribution in [0.25, 0.3) is 10.8 Å². The largest absolute Gasteiger partial charge is 0.342 e. The quantitative estimate of drug-likeness (QED) is 0.864. The number of nitrogens with one attached hydrogen (secondary N) is 1. The molecule has 1 amide bonds. The van der Waals surface area contributed by atoms with Crippen molar-refractivity contribution in [3.8, 4) is 0 Å². The number of piperidine rings is 1. The van der Waals surface area contributed by atoms with Crippen LogP contribution >= 0.6 is 0 Å². The first-order chi connectivity index (χ1) is 9.65. The molecule has 1 aromatic heterocycles. The number of H-pyrrole nitrogens is 1. The van der Waals surface area contributed by atoms with Crippen molar-refractivity contribution >= 4 is 16.7 Å². The van der Waals surface area contributed by atoms with Gasteiger partial charge in [-0.3, -0.25) is 9.59 Å². The van der Waals surface area contributed by atoms with Crippen molar-refractivity contribution in [2.24, 2.45) is 0 Å². The molecule has 2 heterocycles. The van der Waals surface area contributed by atoms with E-state index in [2.05, 4.69) is 4.98 Å². The summed E-state index contributed by atoms with van der Waals surface area (Å²) in [6.45, 7) is 3.12. The maximum Gasteiger partial charge on any atom is 0.256 e. The van der Waals surface area contributed by atoms with Gasteiger partial charge in [0.25, 0.3) is 5.56 Å². The van der Waals surface area contributed by atoms with Crippen molar-refractivity contribution in [3.63, 3.8) is 0 Å². The second-order valence-electron chi connectivity index (χ2n) is 5.45. The summed E-state index contributed by atoms with van der Waals surface area (Å²) in [5, 5.41) is 1.68. The number of pyridine rings is 1. The lowest BCUT2D eigenvalue weighted by molar-refractivity contribution is -0.130. The van der Waals surface area contributed by atoms with E-state index >= 15 is 0 Å². The minimum atomic E-state index is -0.0435. The fourth-order valence-electron chi connectivity index (χ4n) is 2.97. The lowest BCUT2D eigenvalue weighted by Crippen LogP contribution is -2.38. The van der Waals surface area contributed by atoms with Crippen LogP contribution in [-0.2, 0) is 4.79 Å². The minimum Gasteiger partial charge on any atom is -0.342 e. The van der Waals surface area contributed by atoms with Crippen LogP contribution in [-0.4, -0.2) is 28.9 Å². The summed E-state index contributed by atoms with van der Waals surface area (Å²) in [6, 6.07) is 9.65. The molecule has 1 fully saturated rings. The molecule has 0 spiro atoms. The molecule has 1 atom stereocenters. The molecule has 0 saturated carbocycles. The highest BCUT2D eigenvalue weighted by molar-refractivity contribution is 5.81. The zero-order chi connectivity index (χ0) is 14.1. The number of nitrogens with zero attached hydrogens (tertiary/aromatic N) is 1. The Morgan fingerprint density at radius 3 is 2.95 bits per heavy atom. The van der Waals surface area contributed by atoms with Gasteiger partial charge in [-0.25, -0.2) is 0 Å². The summed E-state index contributed by atoms with van der Waals surface area (Å²) in [5.74, 6) is 0.336. The summed E-state index contributed by atoms with van der Waals surface area (Å²) < 4.78 is 0. The van der Waals surface area contributed by atoms with E-state index in [1.165, 1.54) is 0 Å². The zero-order valence-electron chi connectivity index (χ0n) is 11.6. The maximum absolute atomic E-state index is 12.1. The minimum absolute atomic E-state index is 0.0435. The van der Waals surface area contributed by atoms with Gasteiger partial charge < -0.3 is 9.88 Å². The second-order valence-corrected chi connectivity index (χ2v) is 5.45. The number of aromatic amines is 1. The molecule has 0 bridgehead atoms. The molecular formula is C16H18N2O2. The van der Waals surface area contributed by atoms with Crippen LogP contribution in [0.4, 0.5) is 0 Å². The van der Waals surface area contributed by atoms with Crippen LogP contribution in [0.2, 0.25) is 0 Å². The van der Waals surface area contributed by atoms with Gasteiger partial charge in [-0.15, -0.1) is 0 Å². The molecule has 3 rings (SSSR count). The Balaban J connectivity index is 1.98. The van der Waals surface area contributed by atoms with Crippen molar-refractivity contribution in [2.75, 3.05) is 13.1 Å². The number of carbonyl (C=O) groups excluding carboxylic acids is 1. The highest BCUT2D eigenvalue weighted by Crippen LogP contribution is 2.26. The number of likely N-dealkylation sites (tertiary alicyclic amines) is 1. The molecular weight excluding hydrogens is 252 g/mol. The molecule has 1 aliphatic heterocycles. The number of rotatable bonds is 1. The van der Waals surface area contributed by atoms with E-state index < -0.39 is 0 Å². The van der Waals surface area contributed by atoms with Crippen molar-refractivity contribution in [3.05, 3.63) is 46.4 Å². The summed E-state index contributed by atoms with van der Waals surface area (Å²) >= 11 is 0. The first-order valence-corrected chi connectivity index (χ1v) is 7.02. The molecule has 1 saturated heterocycles. The van der Waals surface area contributed by atoms with Gasteiger partial charge in [0.05, 0.1) is 0 Å². The van der Waals surface area contributed by atoms with Crippen molar-refractivity contribution in [1.82, 2.24) is 9.88 Å². The SMILES string of the molecule is CC(=O)N1CCCC(c2cc3ccccc3c(=O)[nH]2)C1. The van der Waals surface area contributed by atoms with E-state index in [-0.39, 0.29) is 17.4 Å². The Morgan fingerprint density at radius 1 is 1.35 bits per heavy atom. The number of carbonyl (C=O) groups is 1. The van der Waals surface area contributed by atoms with Crippen molar-refractivity contribution < 1.29 is 4.79 Å². The zero-order valence-corrected chi connectivity index (χ0v) is 11.6. The van der Waals surface area contributed by atoms with Crippen LogP contribution in [0.3, 0.4) is 0 Å². The monoisotopic (exact) mass is 270 g/mol. The highest BCUT2D eigenvalue weighted by atomic mass is 16.2. The second kappa shape index (κ2) is 5.12. The topological polar surface area (TPSA) is 53.2 Å². The third kappa shape index (κ3) is 2.33. The van der Waals surface area contributed by atoms with Gasteiger partial charge in [0.2, 0.25) is 5.91 Å². The first kappa shape index (κ1) is 12.9. The van der Waals surface area contributed by atoms with Gasteiger partial charge in [-0.2, -0.15) is 0 Å². The third-order valence-electron chi connectivity index (χ3n) is 4.08. The van der Waals surface area contributed by atoms with E-state index in [1.807, 2.05) is 35.2 Å². The number of aromatic nitrogens is 1. The number of amides is 1. The van der Waals surface area contributed by atoms with Crippen LogP contribution in [0.15, 0.2) is 35.1 Å². The predicted octanol–water partition coefficient (Wildman–Crippen LogP) is 2.25. The van der Waals surface area contributed by atoms with Crippen LogP contribution in [0.5, 0.6) is 0 Å². The fourth-order valence-corrected chi connectivity index (χ4v) is 2.97. The first-order valence-electron chi connectivity index (χ1n) is 7.02. The normalized spacial score (nSPS) is 19.2. The molecule has 0 aliphatic carbocycles. The summed E-state index contributed by atoms with van der Waals surface area (Å²) in [7, 11) is 0. The average molecular weight is 270 g/mol. The molecule has 1 aromatic carbocycles. The van der Waals surface area contributed by atoms with Crippen molar-refractivity contribution in [2.45, 2.75) is 25.7 Å². The lowest BCUT2D eigenvalue weighted by Gasteiger charge is -2.32. The van der Waals surface area contributed by atoms with E-state index in [0.29, 0.717) is 6.54 Å². The third-order valence-corrected chi connectivity index (χ3v) is 4.08. The number of fused-ring (bicyclic) bond motifs is 1. The number of hydrogen-bond acceptors (Lipinski definition) is 2. The Kier molecular flexibility index (Phi) is 3.30. The lowest BCUT2D eigenvalue weighted by atomic mass is 9.93. The van der Waals surface area contributed by atoms with Gasteiger partial charge in [0, 0.05) is 37.0 Å². The van der Waals surface area contributed by atoms with Gasteiger partial charge >= 0.3 is 0 Å². The Hall–Kier alpha value is -2.10. The molecule has 0 radical (unpaired) electrons. The molecule has 1 N–H and O–H groups in total. The van der Waals surface area contributed by atoms with Gasteiger partial charge in [-0.1, -0.05) is 18.2 Å². The van der Waals surface area contributed by atoms with E-state index in [1.54, 1.807) is 6.92 Å². The molecule has 20 heavy (non-hydrogen) atoms. The van der Waals surface area contributed by atoms with Gasteiger partial charge in [0.1, 0.15) is 0 Å².